The Morgan fingerprint density at radius 3 is 2.81 bits per heavy atom. The van der Waals surface area contributed by atoms with Crippen LogP contribution in [0, 0.1) is 6.92 Å². The molecule has 1 saturated heterocycles. The van der Waals surface area contributed by atoms with Gasteiger partial charge in [0.2, 0.25) is 0 Å². The van der Waals surface area contributed by atoms with Gasteiger partial charge >= 0.3 is 0 Å². The second kappa shape index (κ2) is 8.61. The number of nitrogens with zero attached hydrogens (tertiary/aromatic N) is 2. The number of morpholine rings is 1. The highest BCUT2D eigenvalue weighted by atomic mass is 16.5. The van der Waals surface area contributed by atoms with Gasteiger partial charge in [-0.3, -0.25) is 9.69 Å². The first-order valence-electron chi connectivity index (χ1n) is 10.8. The van der Waals surface area contributed by atoms with Crippen LogP contribution in [-0.4, -0.2) is 60.2 Å². The minimum atomic E-state index is -0.486. The molecule has 0 atom stereocenters. The molecule has 0 saturated carbocycles. The molecule has 7 nitrogen and oxygen atoms in total. The number of carbonyl (C=O) groups is 1. The monoisotopic (exact) mass is 430 g/mol. The van der Waals surface area contributed by atoms with E-state index in [4.69, 9.17) is 20.2 Å². The first-order chi connectivity index (χ1) is 15.6. The number of nitrogens with one attached hydrogen (secondary N) is 1. The Hall–Kier alpha value is -3.42. The van der Waals surface area contributed by atoms with Crippen molar-refractivity contribution >= 4 is 27.8 Å². The lowest BCUT2D eigenvalue weighted by Crippen LogP contribution is -2.38. The number of carbonyl (C=O) groups excluding carboxylic acids is 1. The molecule has 1 aliphatic rings. The summed E-state index contributed by atoms with van der Waals surface area (Å²) in [5.74, 6) is 0.289. The van der Waals surface area contributed by atoms with Crippen molar-refractivity contribution < 1.29 is 14.3 Å². The maximum absolute atomic E-state index is 12.2. The molecule has 32 heavy (non-hydrogen) atoms. The summed E-state index contributed by atoms with van der Waals surface area (Å²) in [6, 6.07) is 15.7. The summed E-state index contributed by atoms with van der Waals surface area (Å²) < 4.78 is 11.4. The van der Waals surface area contributed by atoms with Crippen molar-refractivity contribution in [2.24, 2.45) is 5.73 Å². The third-order valence-corrected chi connectivity index (χ3v) is 5.88. The number of amides is 1. The average molecular weight is 431 g/mol. The van der Waals surface area contributed by atoms with E-state index in [0.29, 0.717) is 17.7 Å². The number of nitrogens with two attached hydrogens (primary N) is 1. The minimum absolute atomic E-state index is 0.428. The molecule has 3 heterocycles. The molecule has 1 fully saturated rings. The maximum Gasteiger partial charge on any atom is 0.250 e. The molecular weight excluding hydrogens is 404 g/mol. The Kier molecular flexibility index (Phi) is 5.51. The summed E-state index contributed by atoms with van der Waals surface area (Å²) in [5.41, 5.74) is 11.2. The van der Waals surface area contributed by atoms with Gasteiger partial charge in [-0.1, -0.05) is 23.8 Å². The Labute approximate surface area is 186 Å². The first-order valence-corrected chi connectivity index (χ1v) is 10.8. The molecule has 1 amide bonds. The number of primary amides is 1. The van der Waals surface area contributed by atoms with Gasteiger partial charge in [0.15, 0.2) is 0 Å². The summed E-state index contributed by atoms with van der Waals surface area (Å²) in [4.78, 5) is 22.8. The zero-order valence-electron chi connectivity index (χ0n) is 18.1. The molecule has 164 valence electrons. The highest BCUT2D eigenvalue weighted by Gasteiger charge is 2.17. The molecule has 4 aromatic rings. The summed E-state index contributed by atoms with van der Waals surface area (Å²) in [6.45, 7) is 6.94. The fourth-order valence-electron chi connectivity index (χ4n) is 4.19. The van der Waals surface area contributed by atoms with Crippen molar-refractivity contribution in [3.63, 3.8) is 0 Å². The minimum Gasteiger partial charge on any atom is -0.492 e. The standard InChI is InChI=1S/C25H26N4O3/c1-16-3-2-4-17(13-16)21-15-20(25(26)30)24-23(27-21)19-6-5-18(14-22(19)28-24)32-12-9-29-7-10-31-11-8-29/h2-6,13-15,28H,7-12H2,1H3,(H2,26,30). The topological polar surface area (TPSA) is 93.5 Å². The van der Waals surface area contributed by atoms with Gasteiger partial charge in [-0.05, 0) is 31.2 Å². The van der Waals surface area contributed by atoms with Crippen LogP contribution in [-0.2, 0) is 4.74 Å². The summed E-state index contributed by atoms with van der Waals surface area (Å²) in [5, 5.41) is 0.928. The van der Waals surface area contributed by atoms with Crippen LogP contribution >= 0.6 is 0 Å². The van der Waals surface area contributed by atoms with E-state index in [2.05, 4.69) is 9.88 Å². The van der Waals surface area contributed by atoms with Gasteiger partial charge in [-0.15, -0.1) is 0 Å². The summed E-state index contributed by atoms with van der Waals surface area (Å²) >= 11 is 0. The molecular formula is C25H26N4O3. The fraction of sp³-hybridized carbons (Fsp3) is 0.280. The highest BCUT2D eigenvalue weighted by molar-refractivity contribution is 6.14. The predicted octanol–water partition coefficient (Wildman–Crippen LogP) is 3.50. The number of fused-ring (bicyclic) bond motifs is 3. The molecule has 3 N–H and O–H groups in total. The number of benzene rings is 2. The van der Waals surface area contributed by atoms with Crippen molar-refractivity contribution in [3.05, 3.63) is 59.7 Å². The zero-order chi connectivity index (χ0) is 22.1. The number of hydrogen-bond acceptors (Lipinski definition) is 5. The molecule has 0 bridgehead atoms. The van der Waals surface area contributed by atoms with Crippen LogP contribution in [0.15, 0.2) is 48.5 Å². The number of hydrogen-bond donors (Lipinski definition) is 2. The second-order valence-electron chi connectivity index (χ2n) is 8.15. The van der Waals surface area contributed by atoms with Crippen molar-refractivity contribution in [2.75, 3.05) is 39.5 Å². The molecule has 0 radical (unpaired) electrons. The third-order valence-electron chi connectivity index (χ3n) is 5.88. The van der Waals surface area contributed by atoms with Crippen LogP contribution in [0.25, 0.3) is 33.2 Å². The maximum atomic E-state index is 12.2. The van der Waals surface area contributed by atoms with Gasteiger partial charge in [-0.2, -0.15) is 0 Å². The summed E-state index contributed by atoms with van der Waals surface area (Å²) in [7, 11) is 0. The second-order valence-corrected chi connectivity index (χ2v) is 8.15. The number of rotatable bonds is 6. The third kappa shape index (κ3) is 4.04. The number of aromatic amines is 1. The normalized spacial score (nSPS) is 14.8. The van der Waals surface area contributed by atoms with Crippen LogP contribution in [0.3, 0.4) is 0 Å². The van der Waals surface area contributed by atoms with Gasteiger partial charge in [0.05, 0.1) is 41.0 Å². The zero-order valence-corrected chi connectivity index (χ0v) is 18.1. The van der Waals surface area contributed by atoms with E-state index in [1.165, 1.54) is 0 Å². The number of aryl methyl sites for hydroxylation is 1. The van der Waals surface area contributed by atoms with Gasteiger partial charge in [-0.25, -0.2) is 4.98 Å². The summed E-state index contributed by atoms with van der Waals surface area (Å²) in [6.07, 6.45) is 0. The van der Waals surface area contributed by atoms with Gasteiger partial charge in [0.25, 0.3) is 5.91 Å². The molecule has 0 unspecified atom stereocenters. The van der Waals surface area contributed by atoms with Gasteiger partial charge in [0.1, 0.15) is 12.4 Å². The van der Waals surface area contributed by atoms with Crippen LogP contribution in [0.4, 0.5) is 0 Å². The molecule has 2 aromatic carbocycles. The quantitative estimate of drug-likeness (QED) is 0.488. The van der Waals surface area contributed by atoms with Crippen LogP contribution in [0.2, 0.25) is 0 Å². The van der Waals surface area contributed by atoms with Crippen molar-refractivity contribution in [1.82, 2.24) is 14.9 Å². The number of aromatic nitrogens is 2. The molecule has 5 rings (SSSR count). The van der Waals surface area contributed by atoms with Gasteiger partial charge < -0.3 is 20.2 Å². The van der Waals surface area contributed by atoms with Crippen LogP contribution in [0.5, 0.6) is 5.75 Å². The lowest BCUT2D eigenvalue weighted by molar-refractivity contribution is 0.0322. The van der Waals surface area contributed by atoms with Crippen LogP contribution < -0.4 is 10.5 Å². The average Bonchev–Trinajstić information content (AvgIpc) is 3.17. The van der Waals surface area contributed by atoms with E-state index >= 15 is 0 Å². The lowest BCUT2D eigenvalue weighted by Gasteiger charge is -2.26. The predicted molar refractivity (Wildman–Crippen MR) is 125 cm³/mol. The van der Waals surface area contributed by atoms with E-state index in [1.54, 1.807) is 6.07 Å². The Morgan fingerprint density at radius 2 is 2.03 bits per heavy atom. The van der Waals surface area contributed by atoms with Crippen molar-refractivity contribution in [2.45, 2.75) is 6.92 Å². The van der Waals surface area contributed by atoms with Crippen LogP contribution in [0.1, 0.15) is 15.9 Å². The van der Waals surface area contributed by atoms with E-state index in [-0.39, 0.29) is 0 Å². The lowest BCUT2D eigenvalue weighted by atomic mass is 10.0. The Balaban J connectivity index is 1.48. The molecule has 0 spiro atoms. The number of pyridine rings is 1. The number of ether oxygens (including phenoxy) is 2. The molecule has 7 heteroatoms. The smallest absolute Gasteiger partial charge is 0.250 e. The van der Waals surface area contributed by atoms with E-state index < -0.39 is 5.91 Å². The fourth-order valence-corrected chi connectivity index (χ4v) is 4.19. The van der Waals surface area contributed by atoms with E-state index in [9.17, 15) is 4.79 Å². The van der Waals surface area contributed by atoms with Crippen molar-refractivity contribution in [1.29, 1.82) is 0 Å². The first kappa shape index (κ1) is 20.5. The SMILES string of the molecule is Cc1cccc(-c2cc(C(N)=O)c3[nH]c4cc(OCCN5CCOCC5)ccc4c3n2)c1. The van der Waals surface area contributed by atoms with E-state index in [1.807, 2.05) is 49.4 Å². The highest BCUT2D eigenvalue weighted by Crippen LogP contribution is 2.32. The Bertz CT molecular complexity index is 1290. The largest absolute Gasteiger partial charge is 0.492 e. The van der Waals surface area contributed by atoms with E-state index in [0.717, 1.165) is 71.8 Å². The van der Waals surface area contributed by atoms with Gasteiger partial charge in [0, 0.05) is 36.7 Å². The molecule has 0 aliphatic carbocycles. The Morgan fingerprint density at radius 1 is 1.19 bits per heavy atom. The number of H-pyrrole nitrogens is 1. The van der Waals surface area contributed by atoms with Crippen molar-refractivity contribution in [3.8, 4) is 17.0 Å². The molecule has 1 aliphatic heterocycles. The molecule has 2 aromatic heterocycles.